The van der Waals surface area contributed by atoms with Crippen LogP contribution in [0.1, 0.15) is 11.3 Å². The van der Waals surface area contributed by atoms with Gasteiger partial charge in [0.05, 0.1) is 18.4 Å². The number of halogens is 3. The topological polar surface area (TPSA) is 148 Å². The smallest absolute Gasteiger partial charge is 0.465 e. The Morgan fingerprint density at radius 1 is 1.21 bits per heavy atom. The number of aromatic nitrogens is 3. The van der Waals surface area contributed by atoms with Gasteiger partial charge in [0.1, 0.15) is 0 Å². The van der Waals surface area contributed by atoms with Crippen molar-refractivity contribution in [2.75, 3.05) is 11.9 Å². The van der Waals surface area contributed by atoms with Crippen LogP contribution in [-0.2, 0) is 23.1 Å². The minimum absolute atomic E-state index is 0.0202. The minimum Gasteiger partial charge on any atom is -0.465 e. The summed E-state index contributed by atoms with van der Waals surface area (Å²) in [7, 11) is -6.00. The lowest BCUT2D eigenvalue weighted by Gasteiger charge is -2.26. The Balaban J connectivity index is 1.68. The van der Waals surface area contributed by atoms with Crippen LogP contribution >= 0.6 is 0 Å². The van der Waals surface area contributed by atoms with E-state index >= 15 is 0 Å². The molecule has 0 radical (unpaired) electrons. The molecule has 1 aliphatic rings. The Morgan fingerprint density at radius 2 is 1.94 bits per heavy atom. The van der Waals surface area contributed by atoms with E-state index in [-0.39, 0.29) is 36.7 Å². The standard InChI is InChI=1S/C18H14F3N5O6S/c19-18(20,21)33(29,30)32-15-12-5-6-26(17(27)28)8-13(12)24-16(25-15)23-11-3-1-10(2-4-11)14-7-22-9-31-14/h1-4,7,9H,5-6,8H2,(H,27,28)(H,23,24,25). The summed E-state index contributed by atoms with van der Waals surface area (Å²) in [6.45, 7) is -0.376. The summed E-state index contributed by atoms with van der Waals surface area (Å²) in [4.78, 5) is 24.0. The molecule has 33 heavy (non-hydrogen) atoms. The number of amides is 1. The molecule has 174 valence electrons. The summed E-state index contributed by atoms with van der Waals surface area (Å²) >= 11 is 0. The Bertz CT molecular complexity index is 1280. The van der Waals surface area contributed by atoms with Crippen molar-refractivity contribution in [3.8, 4) is 17.2 Å². The highest BCUT2D eigenvalue weighted by atomic mass is 32.2. The number of oxazole rings is 1. The van der Waals surface area contributed by atoms with E-state index in [9.17, 15) is 31.5 Å². The van der Waals surface area contributed by atoms with Gasteiger partial charge in [-0.1, -0.05) is 0 Å². The number of hydrogen-bond donors (Lipinski definition) is 2. The molecule has 1 amide bonds. The SMILES string of the molecule is O=C(O)N1CCc2c(nc(Nc3ccc(-c4cnco4)cc3)nc2OS(=O)(=O)C(F)(F)F)C1. The summed E-state index contributed by atoms with van der Waals surface area (Å²) in [6, 6.07) is 6.52. The van der Waals surface area contributed by atoms with Crippen molar-refractivity contribution in [2.24, 2.45) is 0 Å². The number of nitrogens with one attached hydrogen (secondary N) is 1. The molecule has 3 aromatic rings. The van der Waals surface area contributed by atoms with Crippen LogP contribution in [0.3, 0.4) is 0 Å². The molecule has 4 rings (SSSR count). The highest BCUT2D eigenvalue weighted by Crippen LogP contribution is 2.32. The monoisotopic (exact) mass is 485 g/mol. The molecule has 2 aromatic heterocycles. The lowest BCUT2D eigenvalue weighted by molar-refractivity contribution is -0.0501. The van der Waals surface area contributed by atoms with Gasteiger partial charge in [-0.05, 0) is 30.7 Å². The quantitative estimate of drug-likeness (QED) is 0.408. The maximum atomic E-state index is 12.9. The maximum absolute atomic E-state index is 12.9. The van der Waals surface area contributed by atoms with Gasteiger partial charge in [-0.3, -0.25) is 0 Å². The molecule has 0 saturated carbocycles. The van der Waals surface area contributed by atoms with Crippen LogP contribution in [0.25, 0.3) is 11.3 Å². The van der Waals surface area contributed by atoms with Crippen molar-refractivity contribution in [2.45, 2.75) is 18.5 Å². The lowest BCUT2D eigenvalue weighted by atomic mass is 10.1. The van der Waals surface area contributed by atoms with Crippen molar-refractivity contribution in [1.82, 2.24) is 19.9 Å². The van der Waals surface area contributed by atoms with Crippen LogP contribution in [0.2, 0.25) is 0 Å². The van der Waals surface area contributed by atoms with Gasteiger partial charge in [0.25, 0.3) is 0 Å². The van der Waals surface area contributed by atoms with Gasteiger partial charge < -0.3 is 23.9 Å². The number of fused-ring (bicyclic) bond motifs is 1. The number of carbonyl (C=O) groups is 1. The number of carboxylic acid groups (broad SMARTS) is 1. The van der Waals surface area contributed by atoms with Crippen molar-refractivity contribution in [3.63, 3.8) is 0 Å². The molecule has 15 heteroatoms. The molecule has 0 saturated heterocycles. The van der Waals surface area contributed by atoms with Crippen molar-refractivity contribution < 1.29 is 40.1 Å². The maximum Gasteiger partial charge on any atom is 0.534 e. The molecule has 0 fully saturated rings. The molecule has 0 spiro atoms. The van der Waals surface area contributed by atoms with Gasteiger partial charge in [-0.15, -0.1) is 0 Å². The van der Waals surface area contributed by atoms with Crippen LogP contribution in [-0.4, -0.2) is 51.5 Å². The number of anilines is 2. The second kappa shape index (κ2) is 8.23. The Hall–Kier alpha value is -3.88. The van der Waals surface area contributed by atoms with Crippen LogP contribution in [0, 0.1) is 0 Å². The molecular formula is C18H14F3N5O6S. The Morgan fingerprint density at radius 3 is 2.55 bits per heavy atom. The number of benzene rings is 1. The largest absolute Gasteiger partial charge is 0.534 e. The lowest BCUT2D eigenvalue weighted by Crippen LogP contribution is -2.36. The van der Waals surface area contributed by atoms with Gasteiger partial charge in [-0.2, -0.15) is 26.6 Å². The highest BCUT2D eigenvalue weighted by molar-refractivity contribution is 7.87. The van der Waals surface area contributed by atoms with E-state index in [0.717, 1.165) is 4.90 Å². The summed E-state index contributed by atoms with van der Waals surface area (Å²) in [6.07, 6.45) is 1.38. The summed E-state index contributed by atoms with van der Waals surface area (Å²) < 4.78 is 71.1. The zero-order chi connectivity index (χ0) is 23.8. The first-order valence-electron chi connectivity index (χ1n) is 9.18. The molecule has 0 aliphatic carbocycles. The van der Waals surface area contributed by atoms with Crippen LogP contribution in [0.15, 0.2) is 41.3 Å². The first-order chi connectivity index (χ1) is 15.5. The van der Waals surface area contributed by atoms with Crippen molar-refractivity contribution in [1.29, 1.82) is 0 Å². The molecule has 0 unspecified atom stereocenters. The van der Waals surface area contributed by atoms with Gasteiger partial charge in [0.15, 0.2) is 12.2 Å². The first-order valence-corrected chi connectivity index (χ1v) is 10.6. The molecule has 3 heterocycles. The Kier molecular flexibility index (Phi) is 5.57. The minimum atomic E-state index is -6.00. The number of rotatable bonds is 5. The fraction of sp³-hybridized carbons (Fsp3) is 0.222. The fourth-order valence-electron chi connectivity index (χ4n) is 3.04. The second-order valence-corrected chi connectivity index (χ2v) is 8.32. The fourth-order valence-corrected chi connectivity index (χ4v) is 3.48. The molecular weight excluding hydrogens is 471 g/mol. The summed E-state index contributed by atoms with van der Waals surface area (Å²) in [5, 5.41) is 12.0. The number of alkyl halides is 3. The zero-order valence-corrected chi connectivity index (χ0v) is 17.2. The molecule has 11 nitrogen and oxygen atoms in total. The van der Waals surface area contributed by atoms with Gasteiger partial charge in [-0.25, -0.2) is 14.8 Å². The third-order valence-corrected chi connectivity index (χ3v) is 5.57. The van der Waals surface area contributed by atoms with E-state index in [4.69, 9.17) is 4.42 Å². The average molecular weight is 485 g/mol. The third kappa shape index (κ3) is 4.67. The Labute approximate surface area is 184 Å². The van der Waals surface area contributed by atoms with E-state index in [2.05, 4.69) is 24.5 Å². The van der Waals surface area contributed by atoms with E-state index in [0.29, 0.717) is 17.0 Å². The number of hydrogen-bond acceptors (Lipinski definition) is 9. The second-order valence-electron chi connectivity index (χ2n) is 6.78. The van der Waals surface area contributed by atoms with Gasteiger partial charge in [0, 0.05) is 23.4 Å². The summed E-state index contributed by atoms with van der Waals surface area (Å²) in [5.74, 6) is -0.586. The van der Waals surface area contributed by atoms with E-state index < -0.39 is 27.6 Å². The molecule has 1 aromatic carbocycles. The van der Waals surface area contributed by atoms with E-state index in [1.54, 1.807) is 24.3 Å². The normalized spacial score (nSPS) is 14.0. The third-order valence-electron chi connectivity index (χ3n) is 4.63. The predicted molar refractivity (Wildman–Crippen MR) is 105 cm³/mol. The van der Waals surface area contributed by atoms with Gasteiger partial charge in [0.2, 0.25) is 11.8 Å². The van der Waals surface area contributed by atoms with Crippen LogP contribution in [0.5, 0.6) is 5.88 Å². The van der Waals surface area contributed by atoms with Crippen LogP contribution in [0.4, 0.5) is 29.6 Å². The molecule has 0 atom stereocenters. The summed E-state index contributed by atoms with van der Waals surface area (Å²) in [5.41, 5.74) is -4.56. The van der Waals surface area contributed by atoms with E-state index in [1.165, 1.54) is 12.6 Å². The van der Waals surface area contributed by atoms with Crippen LogP contribution < -0.4 is 9.50 Å². The molecule has 2 N–H and O–H groups in total. The first kappa shape index (κ1) is 22.3. The van der Waals surface area contributed by atoms with Crippen molar-refractivity contribution >= 4 is 27.8 Å². The van der Waals surface area contributed by atoms with Gasteiger partial charge >= 0.3 is 21.7 Å². The molecule has 0 bridgehead atoms. The zero-order valence-electron chi connectivity index (χ0n) is 16.4. The average Bonchev–Trinajstić information content (AvgIpc) is 3.27. The molecule has 1 aliphatic heterocycles. The van der Waals surface area contributed by atoms with E-state index in [1.807, 2.05) is 0 Å². The number of nitrogens with zero attached hydrogens (tertiary/aromatic N) is 4. The highest BCUT2D eigenvalue weighted by Gasteiger charge is 2.49. The predicted octanol–water partition coefficient (Wildman–Crippen LogP) is 3.14. The van der Waals surface area contributed by atoms with Crippen molar-refractivity contribution in [3.05, 3.63) is 48.1 Å².